The third-order valence-electron chi connectivity index (χ3n) is 2.88. The standard InChI is InChI=1S/C10H13N5O2/c11-6-10(1-3-17-4-2-10)9(16)12-5-8-13-7-14-15-8/h7H,1-5H2,(H,12,16)(H,13,14,15). The molecule has 1 aromatic heterocycles. The summed E-state index contributed by atoms with van der Waals surface area (Å²) in [5, 5.41) is 18.2. The number of aromatic nitrogens is 3. The van der Waals surface area contributed by atoms with Crippen molar-refractivity contribution in [2.75, 3.05) is 13.2 Å². The minimum absolute atomic E-state index is 0.253. The fraction of sp³-hybridized carbons (Fsp3) is 0.600. The maximum absolute atomic E-state index is 12.0. The van der Waals surface area contributed by atoms with Gasteiger partial charge in [-0.25, -0.2) is 4.98 Å². The monoisotopic (exact) mass is 235 g/mol. The molecule has 0 radical (unpaired) electrons. The second-order valence-electron chi connectivity index (χ2n) is 3.92. The van der Waals surface area contributed by atoms with E-state index in [1.54, 1.807) is 0 Å². The summed E-state index contributed by atoms with van der Waals surface area (Å²) in [5.74, 6) is 0.304. The minimum Gasteiger partial charge on any atom is -0.381 e. The van der Waals surface area contributed by atoms with E-state index in [0.717, 1.165) is 0 Å². The van der Waals surface area contributed by atoms with E-state index in [9.17, 15) is 4.79 Å². The molecule has 1 aliphatic rings. The first-order chi connectivity index (χ1) is 8.27. The van der Waals surface area contributed by atoms with E-state index in [0.29, 0.717) is 31.9 Å². The Kier molecular flexibility index (Phi) is 3.35. The first-order valence-corrected chi connectivity index (χ1v) is 5.38. The van der Waals surface area contributed by atoms with E-state index < -0.39 is 5.41 Å². The molecule has 1 aliphatic heterocycles. The van der Waals surface area contributed by atoms with Crippen molar-refractivity contribution < 1.29 is 9.53 Å². The van der Waals surface area contributed by atoms with Gasteiger partial charge in [-0.05, 0) is 12.8 Å². The Bertz CT molecular complexity index is 416. The SMILES string of the molecule is N#CC1(C(=O)NCc2ncn[nH]2)CCOCC1. The predicted octanol–water partition coefficient (Wildman–Crippen LogP) is -0.259. The lowest BCUT2D eigenvalue weighted by Crippen LogP contribution is -2.43. The second-order valence-corrected chi connectivity index (χ2v) is 3.92. The number of hydrogen-bond acceptors (Lipinski definition) is 5. The summed E-state index contributed by atoms with van der Waals surface area (Å²) in [6.45, 7) is 1.15. The zero-order valence-corrected chi connectivity index (χ0v) is 9.27. The van der Waals surface area contributed by atoms with Crippen LogP contribution in [0.3, 0.4) is 0 Å². The van der Waals surface area contributed by atoms with Gasteiger partial charge in [0, 0.05) is 13.2 Å². The van der Waals surface area contributed by atoms with Gasteiger partial charge in [-0.1, -0.05) is 0 Å². The lowest BCUT2D eigenvalue weighted by Gasteiger charge is -2.28. The molecular formula is C10H13N5O2. The number of H-pyrrole nitrogens is 1. The Balaban J connectivity index is 1.96. The quantitative estimate of drug-likeness (QED) is 0.751. The van der Waals surface area contributed by atoms with E-state index in [4.69, 9.17) is 10.00 Å². The highest BCUT2D eigenvalue weighted by molar-refractivity contribution is 5.85. The molecule has 0 atom stereocenters. The van der Waals surface area contributed by atoms with Crippen LogP contribution in [0.2, 0.25) is 0 Å². The molecule has 0 aliphatic carbocycles. The van der Waals surface area contributed by atoms with E-state index in [1.165, 1.54) is 6.33 Å². The first-order valence-electron chi connectivity index (χ1n) is 5.38. The summed E-state index contributed by atoms with van der Waals surface area (Å²) in [5.41, 5.74) is -0.960. The van der Waals surface area contributed by atoms with Crippen LogP contribution in [0.15, 0.2) is 6.33 Å². The number of aromatic amines is 1. The van der Waals surface area contributed by atoms with Crippen molar-refractivity contribution in [3.63, 3.8) is 0 Å². The Morgan fingerprint density at radius 3 is 3.00 bits per heavy atom. The van der Waals surface area contributed by atoms with Gasteiger partial charge in [0.25, 0.3) is 0 Å². The normalized spacial score (nSPS) is 18.3. The van der Waals surface area contributed by atoms with Gasteiger partial charge in [0.15, 0.2) is 0 Å². The largest absolute Gasteiger partial charge is 0.381 e. The van der Waals surface area contributed by atoms with Crippen molar-refractivity contribution in [2.45, 2.75) is 19.4 Å². The number of ether oxygens (including phenoxy) is 1. The highest BCUT2D eigenvalue weighted by atomic mass is 16.5. The summed E-state index contributed by atoms with van der Waals surface area (Å²) in [4.78, 5) is 15.9. The zero-order chi connectivity index (χ0) is 12.1. The van der Waals surface area contributed by atoms with Crippen LogP contribution in [0.1, 0.15) is 18.7 Å². The highest BCUT2D eigenvalue weighted by Gasteiger charge is 2.40. The van der Waals surface area contributed by atoms with Crippen molar-refractivity contribution in [2.24, 2.45) is 5.41 Å². The molecule has 1 saturated heterocycles. The molecule has 90 valence electrons. The molecule has 0 saturated carbocycles. The van der Waals surface area contributed by atoms with Gasteiger partial charge in [-0.2, -0.15) is 10.4 Å². The van der Waals surface area contributed by atoms with E-state index in [-0.39, 0.29) is 12.5 Å². The topological polar surface area (TPSA) is 104 Å². The van der Waals surface area contributed by atoms with Gasteiger partial charge in [0.1, 0.15) is 17.6 Å². The van der Waals surface area contributed by atoms with Gasteiger partial charge >= 0.3 is 0 Å². The molecule has 1 fully saturated rings. The zero-order valence-electron chi connectivity index (χ0n) is 9.27. The van der Waals surface area contributed by atoms with Crippen molar-refractivity contribution in [3.8, 4) is 6.07 Å². The van der Waals surface area contributed by atoms with Crippen LogP contribution in [-0.2, 0) is 16.1 Å². The van der Waals surface area contributed by atoms with Crippen molar-refractivity contribution in [3.05, 3.63) is 12.2 Å². The van der Waals surface area contributed by atoms with Crippen LogP contribution in [0, 0.1) is 16.7 Å². The number of carbonyl (C=O) groups excluding carboxylic acids is 1. The number of carbonyl (C=O) groups is 1. The van der Waals surface area contributed by atoms with Gasteiger partial charge in [0.05, 0.1) is 12.6 Å². The molecule has 0 bridgehead atoms. The summed E-state index contributed by atoms with van der Waals surface area (Å²) in [6, 6.07) is 2.11. The van der Waals surface area contributed by atoms with E-state index >= 15 is 0 Å². The number of nitrogens with zero attached hydrogens (tertiary/aromatic N) is 3. The van der Waals surface area contributed by atoms with Gasteiger partial charge in [0.2, 0.25) is 5.91 Å². The molecule has 1 amide bonds. The molecule has 17 heavy (non-hydrogen) atoms. The third kappa shape index (κ3) is 2.42. The number of nitriles is 1. The first kappa shape index (κ1) is 11.5. The van der Waals surface area contributed by atoms with Gasteiger partial charge < -0.3 is 10.1 Å². The molecule has 2 rings (SSSR count). The molecule has 0 unspecified atom stereocenters. The molecule has 2 heterocycles. The smallest absolute Gasteiger partial charge is 0.241 e. The number of nitrogens with one attached hydrogen (secondary N) is 2. The van der Waals surface area contributed by atoms with Crippen LogP contribution < -0.4 is 5.32 Å². The molecule has 1 aromatic rings. The lowest BCUT2D eigenvalue weighted by molar-refractivity contribution is -0.132. The van der Waals surface area contributed by atoms with Crippen molar-refractivity contribution >= 4 is 5.91 Å². The van der Waals surface area contributed by atoms with Crippen molar-refractivity contribution in [1.29, 1.82) is 5.26 Å². The number of rotatable bonds is 3. The fourth-order valence-corrected chi connectivity index (χ4v) is 1.76. The van der Waals surface area contributed by atoms with Crippen LogP contribution in [0.4, 0.5) is 0 Å². The molecular weight excluding hydrogens is 222 g/mol. The summed E-state index contributed by atoms with van der Waals surface area (Å²) < 4.78 is 5.17. The molecule has 0 spiro atoms. The number of amides is 1. The van der Waals surface area contributed by atoms with Crippen LogP contribution in [-0.4, -0.2) is 34.3 Å². The van der Waals surface area contributed by atoms with E-state index in [2.05, 4.69) is 26.6 Å². The average molecular weight is 235 g/mol. The van der Waals surface area contributed by atoms with E-state index in [1.807, 2.05) is 0 Å². The summed E-state index contributed by atoms with van der Waals surface area (Å²) >= 11 is 0. The second kappa shape index (κ2) is 4.93. The van der Waals surface area contributed by atoms with Crippen LogP contribution in [0.25, 0.3) is 0 Å². The Morgan fingerprint density at radius 1 is 1.65 bits per heavy atom. The third-order valence-corrected chi connectivity index (χ3v) is 2.88. The fourth-order valence-electron chi connectivity index (χ4n) is 1.76. The maximum atomic E-state index is 12.0. The molecule has 7 nitrogen and oxygen atoms in total. The maximum Gasteiger partial charge on any atom is 0.241 e. The Labute approximate surface area is 98.2 Å². The molecule has 0 aromatic carbocycles. The predicted molar refractivity (Wildman–Crippen MR) is 56.3 cm³/mol. The highest BCUT2D eigenvalue weighted by Crippen LogP contribution is 2.29. The Morgan fingerprint density at radius 2 is 2.41 bits per heavy atom. The van der Waals surface area contributed by atoms with Crippen LogP contribution >= 0.6 is 0 Å². The molecule has 2 N–H and O–H groups in total. The molecule has 7 heteroatoms. The van der Waals surface area contributed by atoms with Gasteiger partial charge in [-0.3, -0.25) is 9.89 Å². The Hall–Kier alpha value is -1.94. The van der Waals surface area contributed by atoms with Crippen LogP contribution in [0.5, 0.6) is 0 Å². The summed E-state index contributed by atoms with van der Waals surface area (Å²) in [6.07, 6.45) is 2.24. The van der Waals surface area contributed by atoms with Gasteiger partial charge in [-0.15, -0.1) is 0 Å². The summed E-state index contributed by atoms with van der Waals surface area (Å²) in [7, 11) is 0. The lowest BCUT2D eigenvalue weighted by atomic mass is 9.81. The van der Waals surface area contributed by atoms with Crippen molar-refractivity contribution in [1.82, 2.24) is 20.5 Å². The average Bonchev–Trinajstić information content (AvgIpc) is 2.90. The minimum atomic E-state index is -0.960. The number of hydrogen-bond donors (Lipinski definition) is 2.